The summed E-state index contributed by atoms with van der Waals surface area (Å²) in [6.45, 7) is 2.95. The number of carbonyl (C=O) groups excluding carboxylic acids is 3. The summed E-state index contributed by atoms with van der Waals surface area (Å²) in [6.07, 6.45) is 2.95. The first-order valence-electron chi connectivity index (χ1n) is 9.11. The molecule has 8 nitrogen and oxygen atoms in total. The topological polar surface area (TPSA) is 123 Å². The molecule has 0 radical (unpaired) electrons. The van der Waals surface area contributed by atoms with Crippen molar-refractivity contribution in [2.24, 2.45) is 23.2 Å². The van der Waals surface area contributed by atoms with E-state index < -0.39 is 53.5 Å². The molecule has 1 saturated heterocycles. The van der Waals surface area contributed by atoms with Gasteiger partial charge in [0.25, 0.3) is 11.8 Å². The number of aromatic nitrogens is 1. The Morgan fingerprint density at radius 2 is 2.10 bits per heavy atom. The number of nitrogens with two attached hydrogens (primary N) is 1. The van der Waals surface area contributed by atoms with Crippen LogP contribution < -0.4 is 16.6 Å². The summed E-state index contributed by atoms with van der Waals surface area (Å²) in [7, 11) is 0. The first-order valence-corrected chi connectivity index (χ1v) is 9.11. The number of nitrogens with one attached hydrogen (secondary N) is 2. The van der Waals surface area contributed by atoms with Gasteiger partial charge in [-0.25, -0.2) is 8.78 Å². The fourth-order valence-electron chi connectivity index (χ4n) is 4.38. The molecule has 0 spiro atoms. The lowest BCUT2D eigenvalue weighted by Gasteiger charge is -2.46. The number of halogens is 2. The van der Waals surface area contributed by atoms with Crippen LogP contribution in [0.2, 0.25) is 0 Å². The number of ether oxygens (including phenoxy) is 1. The van der Waals surface area contributed by atoms with Crippen molar-refractivity contribution < 1.29 is 27.9 Å². The smallest absolute Gasteiger partial charge is 0.322 e. The molecule has 0 bridgehead atoms. The van der Waals surface area contributed by atoms with Crippen LogP contribution in [-0.2, 0) is 19.1 Å². The van der Waals surface area contributed by atoms with Gasteiger partial charge in [0.1, 0.15) is 6.10 Å². The number of nitrogens with zero attached hydrogens (tertiary/aromatic N) is 1. The Hall–Kier alpha value is -3.04. The monoisotopic (exact) mass is 408 g/mol. The predicted molar refractivity (Wildman–Crippen MR) is 98.7 cm³/mol. The minimum absolute atomic E-state index is 0.182. The second-order valence-corrected chi connectivity index (χ2v) is 7.50. The van der Waals surface area contributed by atoms with Crippen molar-refractivity contribution >= 4 is 30.0 Å². The summed E-state index contributed by atoms with van der Waals surface area (Å²) in [6, 6.07) is 3.25. The van der Waals surface area contributed by atoms with Crippen LogP contribution in [0.15, 0.2) is 24.4 Å². The van der Waals surface area contributed by atoms with Gasteiger partial charge in [-0.3, -0.25) is 30.2 Å². The second kappa shape index (κ2) is 7.41. The molecule has 2 aliphatic rings. The van der Waals surface area contributed by atoms with Crippen molar-refractivity contribution in [2.45, 2.75) is 32.3 Å². The number of pyridine rings is 1. The Labute approximate surface area is 165 Å². The summed E-state index contributed by atoms with van der Waals surface area (Å²) in [5, 5.41) is 0. The Morgan fingerprint density at radius 3 is 2.72 bits per heavy atom. The van der Waals surface area contributed by atoms with Crippen LogP contribution in [0, 0.1) is 23.2 Å². The number of alkyl halides is 2. The van der Waals surface area contributed by atoms with Gasteiger partial charge >= 0.3 is 5.97 Å². The summed E-state index contributed by atoms with van der Waals surface area (Å²) >= 11 is 0. The Morgan fingerprint density at radius 1 is 1.38 bits per heavy atom. The van der Waals surface area contributed by atoms with E-state index in [2.05, 4.69) is 4.98 Å². The number of fused-ring (bicyclic) bond motifs is 1. The van der Waals surface area contributed by atoms with Crippen molar-refractivity contribution in [3.8, 4) is 0 Å². The highest BCUT2D eigenvalue weighted by Gasteiger charge is 2.71. The third-order valence-electron chi connectivity index (χ3n) is 5.85. The van der Waals surface area contributed by atoms with E-state index >= 15 is 0 Å². The third-order valence-corrected chi connectivity index (χ3v) is 5.85. The fraction of sp³-hybridized carbons (Fsp3) is 0.474. The van der Waals surface area contributed by atoms with Crippen molar-refractivity contribution in [3.63, 3.8) is 0 Å². The quantitative estimate of drug-likeness (QED) is 0.292. The summed E-state index contributed by atoms with van der Waals surface area (Å²) in [5.74, 6) is -8.21. The van der Waals surface area contributed by atoms with Gasteiger partial charge in [0.2, 0.25) is 6.41 Å². The molecule has 1 aromatic rings. The van der Waals surface area contributed by atoms with Gasteiger partial charge < -0.3 is 10.5 Å². The van der Waals surface area contributed by atoms with Gasteiger partial charge in [-0.1, -0.05) is 13.0 Å². The minimum atomic E-state index is -3.32. The molecule has 0 unspecified atom stereocenters. The maximum Gasteiger partial charge on any atom is 0.322 e. The van der Waals surface area contributed by atoms with E-state index in [1.165, 1.54) is 19.2 Å². The lowest BCUT2D eigenvalue weighted by molar-refractivity contribution is -0.179. The lowest BCUT2D eigenvalue weighted by atomic mass is 9.56. The summed E-state index contributed by atoms with van der Waals surface area (Å²) in [4.78, 5) is 40.0. The average Bonchev–Trinajstić information content (AvgIpc) is 2.91. The summed E-state index contributed by atoms with van der Waals surface area (Å²) in [5.41, 5.74) is 8.40. The number of allylic oxidation sites excluding steroid dienone is 1. The van der Waals surface area contributed by atoms with Crippen molar-refractivity contribution in [2.75, 3.05) is 5.73 Å². The highest BCUT2D eigenvalue weighted by atomic mass is 19.3. The number of nitrogen functional groups attached to an aromatic ring is 1. The number of carbonyl (C=O) groups is 3. The number of amides is 2. The predicted octanol–water partition coefficient (Wildman–Crippen LogP) is 1.29. The first kappa shape index (κ1) is 20.7. The van der Waals surface area contributed by atoms with Crippen LogP contribution in [0.1, 0.15) is 26.0 Å². The van der Waals surface area contributed by atoms with Crippen LogP contribution >= 0.6 is 0 Å². The maximum absolute atomic E-state index is 14.9. The molecule has 1 aromatic heterocycles. The Bertz CT molecular complexity index is 845. The van der Waals surface area contributed by atoms with Crippen LogP contribution in [0.3, 0.4) is 0 Å². The van der Waals surface area contributed by atoms with E-state index in [1.54, 1.807) is 25.1 Å². The number of anilines is 1. The van der Waals surface area contributed by atoms with Crippen LogP contribution in [-0.4, -0.2) is 35.3 Å². The molecule has 4 N–H and O–H groups in total. The van der Waals surface area contributed by atoms with Crippen molar-refractivity contribution in [1.82, 2.24) is 15.8 Å². The zero-order valence-corrected chi connectivity index (χ0v) is 15.9. The van der Waals surface area contributed by atoms with Gasteiger partial charge in [-0.05, 0) is 31.1 Å². The number of rotatable bonds is 5. The highest BCUT2D eigenvalue weighted by Crippen LogP contribution is 2.59. The fourth-order valence-corrected chi connectivity index (χ4v) is 4.38. The largest absolute Gasteiger partial charge is 0.461 e. The molecule has 156 valence electrons. The number of hydrogen-bond acceptors (Lipinski definition) is 6. The third kappa shape index (κ3) is 3.43. The number of hydrazine groups is 1. The SMILES string of the molecule is C[C@H]1OC(=O)[C@]2(C(=O)NNC=O)CC(F)(F)[C@@H](C)[C@H](/C=C/c3ccc(N)cn3)[C@H]12. The maximum atomic E-state index is 14.9. The molecule has 0 aromatic carbocycles. The van der Waals surface area contributed by atoms with E-state index in [4.69, 9.17) is 10.5 Å². The van der Waals surface area contributed by atoms with Crippen LogP contribution in [0.4, 0.5) is 14.5 Å². The van der Waals surface area contributed by atoms with E-state index in [-0.39, 0.29) is 6.41 Å². The van der Waals surface area contributed by atoms with Crippen molar-refractivity contribution in [3.05, 3.63) is 30.1 Å². The van der Waals surface area contributed by atoms with E-state index in [0.717, 1.165) is 0 Å². The molecular weight excluding hydrogens is 386 g/mol. The molecule has 5 atom stereocenters. The molecule has 2 amide bonds. The molecular formula is C19H22F2N4O4. The first-order chi connectivity index (χ1) is 13.6. The lowest BCUT2D eigenvalue weighted by Crippen LogP contribution is -2.61. The molecule has 1 saturated carbocycles. The second-order valence-electron chi connectivity index (χ2n) is 7.50. The zero-order chi connectivity index (χ0) is 21.4. The van der Waals surface area contributed by atoms with Gasteiger partial charge in [0, 0.05) is 18.3 Å². The zero-order valence-electron chi connectivity index (χ0n) is 15.9. The minimum Gasteiger partial charge on any atom is -0.461 e. The standard InChI is InChI=1S/C19H22F2N4O4/c1-10-14(6-5-13-4-3-12(22)7-23-13)15-11(2)29-17(28)18(15,8-19(10,20)21)16(27)25-24-9-26/h3-7,9-11,14-15H,8,22H2,1-2H3,(H,24,26)(H,25,27)/b6-5+/t10-,11+,14-,15-,18+/m0/s1. The van der Waals surface area contributed by atoms with E-state index in [0.29, 0.717) is 11.4 Å². The number of esters is 1. The molecule has 10 heteroatoms. The van der Waals surface area contributed by atoms with E-state index in [9.17, 15) is 23.2 Å². The number of cyclic esters (lactones) is 1. The molecule has 2 fully saturated rings. The van der Waals surface area contributed by atoms with Gasteiger partial charge in [0.15, 0.2) is 5.41 Å². The average molecular weight is 408 g/mol. The van der Waals surface area contributed by atoms with Gasteiger partial charge in [-0.2, -0.15) is 0 Å². The van der Waals surface area contributed by atoms with E-state index in [1.807, 2.05) is 10.9 Å². The summed E-state index contributed by atoms with van der Waals surface area (Å²) < 4.78 is 35.1. The Kier molecular flexibility index (Phi) is 5.29. The highest BCUT2D eigenvalue weighted by molar-refractivity contribution is 6.05. The molecule has 1 aliphatic heterocycles. The number of hydrogen-bond donors (Lipinski definition) is 3. The molecule has 3 rings (SSSR count). The molecule has 1 aliphatic carbocycles. The van der Waals surface area contributed by atoms with Gasteiger partial charge in [0.05, 0.1) is 17.6 Å². The normalized spacial score (nSPS) is 33.0. The van der Waals surface area contributed by atoms with Gasteiger partial charge in [-0.15, -0.1) is 0 Å². The Balaban J connectivity index is 2.04. The molecule has 2 heterocycles. The molecule has 29 heavy (non-hydrogen) atoms. The van der Waals surface area contributed by atoms with Crippen LogP contribution in [0.5, 0.6) is 0 Å². The van der Waals surface area contributed by atoms with Crippen LogP contribution in [0.25, 0.3) is 6.08 Å². The van der Waals surface area contributed by atoms with Crippen molar-refractivity contribution in [1.29, 1.82) is 0 Å².